The van der Waals surface area contributed by atoms with Gasteiger partial charge in [0, 0.05) is 10.9 Å². The average Bonchev–Trinajstić information content (AvgIpc) is 2.17. The molecule has 0 aromatic heterocycles. The first-order chi connectivity index (χ1) is 7.15. The van der Waals surface area contributed by atoms with Crippen LogP contribution in [0.15, 0.2) is 22.7 Å². The lowest BCUT2D eigenvalue weighted by Gasteiger charge is -2.05. The van der Waals surface area contributed by atoms with Gasteiger partial charge in [-0.25, -0.2) is 4.39 Å². The number of carbonyl (C=O) groups excluding carboxylic acids is 1. The van der Waals surface area contributed by atoms with Gasteiger partial charge in [-0.15, -0.1) is 0 Å². The Bertz CT molecular complexity index is 355. The monoisotopic (exact) mass is 338 g/mol. The van der Waals surface area contributed by atoms with Gasteiger partial charge in [0.2, 0.25) is 6.86 Å². The molecule has 82 valence electrons. The number of hydrogen-bond acceptors (Lipinski definition) is 2. The quantitative estimate of drug-likeness (QED) is 0.770. The smallest absolute Gasteiger partial charge is 0.228 e. The first kappa shape index (κ1) is 12.6. The molecule has 1 aromatic rings. The van der Waals surface area contributed by atoms with Crippen LogP contribution >= 0.6 is 31.9 Å². The maximum atomic E-state index is 12.0. The highest BCUT2D eigenvalue weighted by atomic mass is 79.9. The number of halogens is 3. The van der Waals surface area contributed by atoms with E-state index in [1.54, 1.807) is 12.1 Å². The Balaban J connectivity index is 2.83. The summed E-state index contributed by atoms with van der Waals surface area (Å²) in [5, 5.41) is 0.318. The van der Waals surface area contributed by atoms with Crippen molar-refractivity contribution >= 4 is 37.6 Å². The van der Waals surface area contributed by atoms with E-state index in [-0.39, 0.29) is 5.78 Å². The Hall–Kier alpha value is -0.420. The van der Waals surface area contributed by atoms with Crippen LogP contribution in [0.5, 0.6) is 5.75 Å². The summed E-state index contributed by atoms with van der Waals surface area (Å²) in [5.74, 6) is 0.489. The van der Waals surface area contributed by atoms with E-state index >= 15 is 0 Å². The summed E-state index contributed by atoms with van der Waals surface area (Å²) >= 11 is 6.36. The summed E-state index contributed by atoms with van der Waals surface area (Å²) in [7, 11) is 0. The number of Topliss-reactive ketones (excluding diaryl/α,β-unsaturated/α-hetero) is 1. The van der Waals surface area contributed by atoms with Crippen molar-refractivity contribution in [1.82, 2.24) is 0 Å². The molecule has 2 nitrogen and oxygen atoms in total. The molecule has 0 spiro atoms. The van der Waals surface area contributed by atoms with E-state index < -0.39 is 6.86 Å². The van der Waals surface area contributed by atoms with E-state index in [1.165, 1.54) is 0 Å². The molecule has 1 aromatic carbocycles. The Morgan fingerprint density at radius 2 is 2.13 bits per heavy atom. The minimum atomic E-state index is -0.873. The third kappa shape index (κ3) is 4.30. The van der Waals surface area contributed by atoms with Gasteiger partial charge < -0.3 is 4.74 Å². The van der Waals surface area contributed by atoms with Gasteiger partial charge in [-0.3, -0.25) is 4.79 Å². The SMILES string of the molecule is O=C(CBr)Cc1cc(Br)cc(OCF)c1. The van der Waals surface area contributed by atoms with Crippen LogP contribution in [-0.4, -0.2) is 18.0 Å². The highest BCUT2D eigenvalue weighted by Crippen LogP contribution is 2.22. The van der Waals surface area contributed by atoms with Crippen molar-refractivity contribution in [3.05, 3.63) is 28.2 Å². The van der Waals surface area contributed by atoms with Crippen molar-refractivity contribution in [3.63, 3.8) is 0 Å². The summed E-state index contributed by atoms with van der Waals surface area (Å²) in [5.41, 5.74) is 0.803. The van der Waals surface area contributed by atoms with E-state index in [0.717, 1.165) is 10.0 Å². The number of carbonyl (C=O) groups is 1. The Morgan fingerprint density at radius 3 is 2.73 bits per heavy atom. The maximum Gasteiger partial charge on any atom is 0.228 e. The first-order valence-corrected chi connectivity index (χ1v) is 6.13. The molecule has 5 heteroatoms. The number of rotatable bonds is 5. The molecule has 0 saturated carbocycles. The molecule has 1 rings (SSSR count). The van der Waals surface area contributed by atoms with E-state index in [2.05, 4.69) is 31.9 Å². The van der Waals surface area contributed by atoms with Crippen molar-refractivity contribution < 1.29 is 13.9 Å². The Morgan fingerprint density at radius 1 is 1.40 bits per heavy atom. The summed E-state index contributed by atoms with van der Waals surface area (Å²) in [6.07, 6.45) is 0.313. The van der Waals surface area contributed by atoms with Crippen LogP contribution in [0, 0.1) is 0 Å². The van der Waals surface area contributed by atoms with Crippen LogP contribution in [0.1, 0.15) is 5.56 Å². The minimum Gasteiger partial charge on any atom is -0.463 e. The minimum absolute atomic E-state index is 0.0688. The van der Waals surface area contributed by atoms with Crippen LogP contribution in [0.2, 0.25) is 0 Å². The third-order valence-corrected chi connectivity index (χ3v) is 2.79. The Labute approximate surface area is 104 Å². The number of alkyl halides is 2. The average molecular weight is 340 g/mol. The highest BCUT2D eigenvalue weighted by molar-refractivity contribution is 9.10. The molecule has 0 bridgehead atoms. The molecule has 0 atom stereocenters. The van der Waals surface area contributed by atoms with Crippen LogP contribution < -0.4 is 4.74 Å². The predicted octanol–water partition coefficient (Wildman–Crippen LogP) is 3.26. The molecule has 0 aliphatic rings. The Kier molecular flexibility index (Phi) is 5.25. The van der Waals surface area contributed by atoms with Crippen LogP contribution in [0.25, 0.3) is 0 Å². The highest BCUT2D eigenvalue weighted by Gasteiger charge is 2.05. The molecule has 0 amide bonds. The van der Waals surface area contributed by atoms with Gasteiger partial charge in [0.1, 0.15) is 11.5 Å². The molecular weight excluding hydrogens is 331 g/mol. The van der Waals surface area contributed by atoms with Gasteiger partial charge in [-0.05, 0) is 23.8 Å². The zero-order chi connectivity index (χ0) is 11.3. The van der Waals surface area contributed by atoms with Gasteiger partial charge >= 0.3 is 0 Å². The third-order valence-electron chi connectivity index (χ3n) is 1.70. The molecule has 0 radical (unpaired) electrons. The summed E-state index contributed by atoms with van der Waals surface area (Å²) in [6.45, 7) is -0.873. The van der Waals surface area contributed by atoms with E-state index in [4.69, 9.17) is 4.74 Å². The van der Waals surface area contributed by atoms with Gasteiger partial charge in [0.15, 0.2) is 0 Å². The van der Waals surface area contributed by atoms with Crippen LogP contribution in [0.4, 0.5) is 4.39 Å². The van der Waals surface area contributed by atoms with E-state index in [1.807, 2.05) is 6.07 Å². The summed E-state index contributed by atoms with van der Waals surface area (Å²) < 4.78 is 17.5. The summed E-state index contributed by atoms with van der Waals surface area (Å²) in [6, 6.07) is 5.12. The molecule has 0 heterocycles. The zero-order valence-electron chi connectivity index (χ0n) is 7.80. The molecule has 15 heavy (non-hydrogen) atoms. The van der Waals surface area contributed by atoms with Gasteiger partial charge in [0.05, 0.1) is 5.33 Å². The van der Waals surface area contributed by atoms with Gasteiger partial charge in [0.25, 0.3) is 0 Å². The predicted molar refractivity (Wildman–Crippen MR) is 63.3 cm³/mol. The van der Waals surface area contributed by atoms with Crippen molar-refractivity contribution in [2.45, 2.75) is 6.42 Å². The van der Waals surface area contributed by atoms with Crippen LogP contribution in [0.3, 0.4) is 0 Å². The second kappa shape index (κ2) is 6.23. The lowest BCUT2D eigenvalue weighted by Crippen LogP contribution is -2.03. The fourth-order valence-corrected chi connectivity index (χ4v) is 1.86. The zero-order valence-corrected chi connectivity index (χ0v) is 11.0. The number of ether oxygens (including phenoxy) is 1. The lowest BCUT2D eigenvalue weighted by molar-refractivity contribution is -0.115. The molecule has 0 N–H and O–H groups in total. The second-order valence-electron chi connectivity index (χ2n) is 2.90. The van der Waals surface area contributed by atoms with Gasteiger partial charge in [-0.2, -0.15) is 0 Å². The molecule has 0 unspecified atom stereocenters. The van der Waals surface area contributed by atoms with Gasteiger partial charge in [-0.1, -0.05) is 31.9 Å². The van der Waals surface area contributed by atoms with Crippen molar-refractivity contribution in [2.24, 2.45) is 0 Å². The summed E-state index contributed by atoms with van der Waals surface area (Å²) in [4.78, 5) is 11.2. The largest absolute Gasteiger partial charge is 0.463 e. The molecular formula is C10H9Br2FO2. The molecule has 0 aliphatic heterocycles. The van der Waals surface area contributed by atoms with E-state index in [9.17, 15) is 9.18 Å². The fourth-order valence-electron chi connectivity index (χ4n) is 1.14. The van der Waals surface area contributed by atoms with E-state index in [0.29, 0.717) is 17.5 Å². The van der Waals surface area contributed by atoms with Crippen LogP contribution in [-0.2, 0) is 11.2 Å². The number of benzene rings is 1. The number of ketones is 1. The standard InChI is InChI=1S/C10H9Br2FO2/c11-5-9(14)2-7-1-8(12)4-10(3-7)15-6-13/h1,3-4H,2,5-6H2. The first-order valence-electron chi connectivity index (χ1n) is 4.21. The second-order valence-corrected chi connectivity index (χ2v) is 4.37. The number of hydrogen-bond donors (Lipinski definition) is 0. The maximum absolute atomic E-state index is 12.0. The normalized spacial score (nSPS) is 10.1. The topological polar surface area (TPSA) is 26.3 Å². The fraction of sp³-hybridized carbons (Fsp3) is 0.300. The molecule has 0 aliphatic carbocycles. The molecule has 0 saturated heterocycles. The van der Waals surface area contributed by atoms with Crippen molar-refractivity contribution in [3.8, 4) is 5.75 Å². The lowest BCUT2D eigenvalue weighted by atomic mass is 10.1. The van der Waals surface area contributed by atoms with Crippen molar-refractivity contribution in [2.75, 3.05) is 12.2 Å². The molecule has 0 fully saturated rings. The van der Waals surface area contributed by atoms with Crippen molar-refractivity contribution in [1.29, 1.82) is 0 Å².